The fourth-order valence-electron chi connectivity index (χ4n) is 2.43. The van der Waals surface area contributed by atoms with E-state index in [-0.39, 0.29) is 5.52 Å². The summed E-state index contributed by atoms with van der Waals surface area (Å²) in [4.78, 5) is 16.3. The highest BCUT2D eigenvalue weighted by Gasteiger charge is 2.15. The van der Waals surface area contributed by atoms with Crippen LogP contribution < -0.4 is 5.63 Å². The van der Waals surface area contributed by atoms with E-state index in [0.717, 1.165) is 16.5 Å². The molecule has 2 heterocycles. The van der Waals surface area contributed by atoms with Gasteiger partial charge in [-0.2, -0.15) is 0 Å². The number of aromatic nitrogens is 1. The summed E-state index contributed by atoms with van der Waals surface area (Å²) in [7, 11) is 0. The van der Waals surface area contributed by atoms with Crippen LogP contribution in [0.4, 0.5) is 0 Å². The molecule has 0 N–H and O–H groups in total. The van der Waals surface area contributed by atoms with Crippen molar-refractivity contribution in [1.82, 2.24) is 4.98 Å². The minimum absolute atomic E-state index is 0.227. The number of para-hydroxylation sites is 1. The van der Waals surface area contributed by atoms with Gasteiger partial charge in [0.05, 0.1) is 5.39 Å². The van der Waals surface area contributed by atoms with Crippen LogP contribution in [0, 0.1) is 6.92 Å². The zero-order valence-electron chi connectivity index (χ0n) is 11.3. The predicted molar refractivity (Wildman–Crippen MR) is 80.2 cm³/mol. The molecule has 21 heavy (non-hydrogen) atoms. The molecular formula is C17H11NO3. The van der Waals surface area contributed by atoms with E-state index in [1.54, 1.807) is 6.07 Å². The first kappa shape index (κ1) is 11.9. The third-order valence-electron chi connectivity index (χ3n) is 3.42. The molecule has 0 aliphatic rings. The summed E-state index contributed by atoms with van der Waals surface area (Å²) in [6.07, 6.45) is 0. The smallest absolute Gasteiger partial charge is 0.366 e. The third-order valence-corrected chi connectivity index (χ3v) is 3.42. The van der Waals surface area contributed by atoms with Gasteiger partial charge in [0.1, 0.15) is 5.58 Å². The number of aryl methyl sites for hydroxylation is 1. The lowest BCUT2D eigenvalue weighted by atomic mass is 10.1. The van der Waals surface area contributed by atoms with Crippen molar-refractivity contribution in [2.24, 2.45) is 0 Å². The van der Waals surface area contributed by atoms with Crippen molar-refractivity contribution >= 4 is 22.1 Å². The number of hydrogen-bond acceptors (Lipinski definition) is 4. The molecule has 102 valence electrons. The molecule has 0 radical (unpaired) electrons. The van der Waals surface area contributed by atoms with Crippen LogP contribution in [0.5, 0.6) is 0 Å². The molecular weight excluding hydrogens is 266 g/mol. The van der Waals surface area contributed by atoms with Crippen LogP contribution >= 0.6 is 0 Å². The molecule has 4 heteroatoms. The highest BCUT2D eigenvalue weighted by molar-refractivity contribution is 5.99. The summed E-state index contributed by atoms with van der Waals surface area (Å²) in [6.45, 7) is 2.00. The largest absolute Gasteiger partial charge is 0.435 e. The van der Waals surface area contributed by atoms with E-state index in [9.17, 15) is 4.79 Å². The second kappa shape index (κ2) is 4.31. The number of benzene rings is 2. The van der Waals surface area contributed by atoms with E-state index < -0.39 is 5.63 Å². The zero-order chi connectivity index (χ0) is 14.4. The second-order valence-electron chi connectivity index (χ2n) is 4.95. The van der Waals surface area contributed by atoms with Crippen molar-refractivity contribution in [3.8, 4) is 11.5 Å². The van der Waals surface area contributed by atoms with E-state index in [4.69, 9.17) is 8.83 Å². The maximum atomic E-state index is 12.0. The minimum Gasteiger partial charge on any atom is -0.435 e. The first-order valence-corrected chi connectivity index (χ1v) is 6.62. The first-order valence-electron chi connectivity index (χ1n) is 6.62. The molecule has 2 aromatic carbocycles. The van der Waals surface area contributed by atoms with Crippen LogP contribution in [0.15, 0.2) is 62.2 Å². The van der Waals surface area contributed by atoms with Crippen molar-refractivity contribution in [3.05, 3.63) is 64.5 Å². The molecule has 4 aromatic rings. The lowest BCUT2D eigenvalue weighted by molar-refractivity contribution is 0.565. The summed E-state index contributed by atoms with van der Waals surface area (Å²) in [6, 6.07) is 15.1. The van der Waals surface area contributed by atoms with Gasteiger partial charge in [-0.15, -0.1) is 0 Å². The van der Waals surface area contributed by atoms with Crippen LogP contribution in [0.3, 0.4) is 0 Å². The van der Waals surface area contributed by atoms with Gasteiger partial charge >= 0.3 is 5.63 Å². The second-order valence-corrected chi connectivity index (χ2v) is 4.95. The van der Waals surface area contributed by atoms with Crippen molar-refractivity contribution in [3.63, 3.8) is 0 Å². The molecule has 0 saturated carbocycles. The lowest BCUT2D eigenvalue weighted by Crippen LogP contribution is -1.99. The maximum Gasteiger partial charge on any atom is 0.366 e. The third kappa shape index (κ3) is 1.84. The van der Waals surface area contributed by atoms with Gasteiger partial charge in [-0.05, 0) is 31.2 Å². The molecule has 4 nitrogen and oxygen atoms in total. The molecule has 0 aliphatic heterocycles. The van der Waals surface area contributed by atoms with Crippen molar-refractivity contribution in [1.29, 1.82) is 0 Å². The average molecular weight is 277 g/mol. The summed E-state index contributed by atoms with van der Waals surface area (Å²) >= 11 is 0. The van der Waals surface area contributed by atoms with Gasteiger partial charge in [-0.1, -0.05) is 29.8 Å². The molecule has 0 atom stereocenters. The quantitative estimate of drug-likeness (QED) is 0.495. The van der Waals surface area contributed by atoms with Crippen molar-refractivity contribution in [2.75, 3.05) is 0 Å². The van der Waals surface area contributed by atoms with E-state index in [1.165, 1.54) is 0 Å². The van der Waals surface area contributed by atoms with Crippen LogP contribution in [0.1, 0.15) is 5.56 Å². The van der Waals surface area contributed by atoms with Gasteiger partial charge in [-0.25, -0.2) is 9.78 Å². The standard InChI is InChI=1S/C17H11NO3/c1-10-5-4-6-11(9-10)16-18-14-15(21-16)12-7-2-3-8-13(12)20-17(14)19/h2-9H,1H3. The molecule has 0 aliphatic carbocycles. The topological polar surface area (TPSA) is 56.2 Å². The zero-order valence-corrected chi connectivity index (χ0v) is 11.3. The SMILES string of the molecule is Cc1cccc(-c2nc3c(=O)oc4ccccc4c3o2)c1. The Labute approximate surface area is 119 Å². The molecule has 0 bridgehead atoms. The normalized spacial score (nSPS) is 11.3. The Hall–Kier alpha value is -2.88. The van der Waals surface area contributed by atoms with Crippen LogP contribution in [-0.2, 0) is 0 Å². The number of oxazole rings is 1. The highest BCUT2D eigenvalue weighted by atomic mass is 16.4. The maximum absolute atomic E-state index is 12.0. The molecule has 0 fully saturated rings. The Morgan fingerprint density at radius 1 is 1.00 bits per heavy atom. The fraction of sp³-hybridized carbons (Fsp3) is 0.0588. The van der Waals surface area contributed by atoms with E-state index >= 15 is 0 Å². The molecule has 2 aromatic heterocycles. The van der Waals surface area contributed by atoms with Gasteiger partial charge < -0.3 is 8.83 Å². The summed E-state index contributed by atoms with van der Waals surface area (Å²) in [5, 5.41) is 0.749. The van der Waals surface area contributed by atoms with Crippen LogP contribution in [0.2, 0.25) is 0 Å². The van der Waals surface area contributed by atoms with Crippen LogP contribution in [0.25, 0.3) is 33.5 Å². The van der Waals surface area contributed by atoms with Crippen LogP contribution in [-0.4, -0.2) is 4.98 Å². The summed E-state index contributed by atoms with van der Waals surface area (Å²) < 4.78 is 11.1. The molecule has 0 unspecified atom stereocenters. The Bertz CT molecular complexity index is 1030. The van der Waals surface area contributed by atoms with E-state index in [1.807, 2.05) is 49.4 Å². The highest BCUT2D eigenvalue weighted by Crippen LogP contribution is 2.28. The Kier molecular flexibility index (Phi) is 2.44. The summed E-state index contributed by atoms with van der Waals surface area (Å²) in [5.41, 5.74) is 2.66. The monoisotopic (exact) mass is 277 g/mol. The van der Waals surface area contributed by atoms with Crippen molar-refractivity contribution in [2.45, 2.75) is 6.92 Å². The van der Waals surface area contributed by atoms with Gasteiger partial charge in [0.15, 0.2) is 11.1 Å². The molecule has 0 saturated heterocycles. The molecule has 0 spiro atoms. The van der Waals surface area contributed by atoms with Gasteiger partial charge in [0, 0.05) is 5.56 Å². The number of nitrogens with zero attached hydrogens (tertiary/aromatic N) is 1. The number of fused-ring (bicyclic) bond motifs is 3. The first-order chi connectivity index (χ1) is 10.2. The predicted octanol–water partition coefficient (Wildman–Crippen LogP) is 3.91. The Morgan fingerprint density at radius 3 is 2.71 bits per heavy atom. The van der Waals surface area contributed by atoms with Crippen molar-refractivity contribution < 1.29 is 8.83 Å². The van der Waals surface area contributed by atoms with Gasteiger partial charge in [-0.3, -0.25) is 0 Å². The molecule has 4 rings (SSSR count). The minimum atomic E-state index is -0.480. The Morgan fingerprint density at radius 2 is 1.86 bits per heavy atom. The van der Waals surface area contributed by atoms with E-state index in [0.29, 0.717) is 17.1 Å². The van der Waals surface area contributed by atoms with Gasteiger partial charge in [0.25, 0.3) is 0 Å². The molecule has 0 amide bonds. The number of hydrogen-bond donors (Lipinski definition) is 0. The lowest BCUT2D eigenvalue weighted by Gasteiger charge is -1.96. The Balaban J connectivity index is 2.08. The summed E-state index contributed by atoms with van der Waals surface area (Å²) in [5.74, 6) is 0.428. The fourth-order valence-corrected chi connectivity index (χ4v) is 2.43. The average Bonchev–Trinajstić information content (AvgIpc) is 2.93. The van der Waals surface area contributed by atoms with E-state index in [2.05, 4.69) is 4.98 Å². The van der Waals surface area contributed by atoms with Gasteiger partial charge in [0.2, 0.25) is 5.89 Å². The number of rotatable bonds is 1.